The van der Waals surface area contributed by atoms with Crippen molar-refractivity contribution in [1.29, 1.82) is 0 Å². The maximum atomic E-state index is 4.46. The van der Waals surface area contributed by atoms with Gasteiger partial charge in [-0.25, -0.2) is 0 Å². The van der Waals surface area contributed by atoms with Crippen molar-refractivity contribution < 1.29 is 0 Å². The standard InChI is InChI=1S/C17H18N2S/c1-2-10-19-17(16-8-5-12-20-16)14-9-11-18-15-7-4-3-6-13(14)15/h3-9,11-12,17,19H,2,10H2,1H3. The summed E-state index contributed by atoms with van der Waals surface area (Å²) in [7, 11) is 0. The van der Waals surface area contributed by atoms with E-state index in [-0.39, 0.29) is 6.04 Å². The molecule has 2 aromatic heterocycles. The van der Waals surface area contributed by atoms with E-state index in [4.69, 9.17) is 0 Å². The number of aromatic nitrogens is 1. The number of rotatable bonds is 5. The van der Waals surface area contributed by atoms with E-state index in [0.29, 0.717) is 0 Å². The predicted octanol–water partition coefficient (Wildman–Crippen LogP) is 4.39. The van der Waals surface area contributed by atoms with Gasteiger partial charge in [0.1, 0.15) is 0 Å². The molecule has 3 heteroatoms. The van der Waals surface area contributed by atoms with Gasteiger partial charge in [-0.1, -0.05) is 31.2 Å². The Labute approximate surface area is 123 Å². The lowest BCUT2D eigenvalue weighted by Gasteiger charge is -2.19. The summed E-state index contributed by atoms with van der Waals surface area (Å²) in [6, 6.07) is 15.1. The van der Waals surface area contributed by atoms with Crippen LogP contribution >= 0.6 is 11.3 Å². The van der Waals surface area contributed by atoms with Gasteiger partial charge >= 0.3 is 0 Å². The molecule has 0 fully saturated rings. The summed E-state index contributed by atoms with van der Waals surface area (Å²) >= 11 is 1.80. The molecule has 2 heterocycles. The van der Waals surface area contributed by atoms with Crippen molar-refractivity contribution in [2.75, 3.05) is 6.54 Å². The van der Waals surface area contributed by atoms with Gasteiger partial charge in [0.15, 0.2) is 0 Å². The molecule has 0 bridgehead atoms. The first-order chi connectivity index (χ1) is 9.90. The summed E-state index contributed by atoms with van der Waals surface area (Å²) in [4.78, 5) is 5.82. The smallest absolute Gasteiger partial charge is 0.0705 e. The highest BCUT2D eigenvalue weighted by Crippen LogP contribution is 2.30. The number of hydrogen-bond acceptors (Lipinski definition) is 3. The maximum absolute atomic E-state index is 4.46. The molecule has 0 amide bonds. The van der Waals surface area contributed by atoms with Crippen molar-refractivity contribution in [2.24, 2.45) is 0 Å². The van der Waals surface area contributed by atoms with E-state index in [9.17, 15) is 0 Å². The average molecular weight is 282 g/mol. The second-order valence-corrected chi connectivity index (χ2v) is 5.80. The van der Waals surface area contributed by atoms with Crippen LogP contribution in [0.25, 0.3) is 10.9 Å². The van der Waals surface area contributed by atoms with Crippen LogP contribution in [0.15, 0.2) is 54.0 Å². The Kier molecular flexibility index (Phi) is 4.09. The first-order valence-electron chi connectivity index (χ1n) is 7.00. The highest BCUT2D eigenvalue weighted by Gasteiger charge is 2.16. The molecule has 1 aromatic carbocycles. The van der Waals surface area contributed by atoms with Crippen LogP contribution in [0.4, 0.5) is 0 Å². The highest BCUT2D eigenvalue weighted by atomic mass is 32.1. The van der Waals surface area contributed by atoms with E-state index in [2.05, 4.69) is 59.0 Å². The first kappa shape index (κ1) is 13.3. The minimum absolute atomic E-state index is 0.253. The molecule has 20 heavy (non-hydrogen) atoms. The summed E-state index contributed by atoms with van der Waals surface area (Å²) in [5, 5.41) is 7.03. The molecule has 0 saturated carbocycles. The molecular formula is C17H18N2S. The third-order valence-electron chi connectivity index (χ3n) is 3.42. The molecule has 1 unspecified atom stereocenters. The van der Waals surface area contributed by atoms with Gasteiger partial charge in [0.05, 0.1) is 11.6 Å². The predicted molar refractivity (Wildman–Crippen MR) is 86.2 cm³/mol. The third-order valence-corrected chi connectivity index (χ3v) is 4.36. The number of pyridine rings is 1. The van der Waals surface area contributed by atoms with Crippen LogP contribution in [0, 0.1) is 0 Å². The molecule has 1 atom stereocenters. The van der Waals surface area contributed by atoms with Gasteiger partial charge in [-0.15, -0.1) is 11.3 Å². The van der Waals surface area contributed by atoms with Crippen LogP contribution in [-0.4, -0.2) is 11.5 Å². The Hall–Kier alpha value is -1.71. The second kappa shape index (κ2) is 6.16. The minimum atomic E-state index is 0.253. The lowest BCUT2D eigenvalue weighted by Crippen LogP contribution is -2.22. The maximum Gasteiger partial charge on any atom is 0.0705 e. The Balaban J connectivity index is 2.09. The fraction of sp³-hybridized carbons (Fsp3) is 0.235. The van der Waals surface area contributed by atoms with Crippen LogP contribution in [0.5, 0.6) is 0 Å². The summed E-state index contributed by atoms with van der Waals surface area (Å²) in [5.41, 5.74) is 2.37. The molecule has 3 rings (SSSR count). The molecular weight excluding hydrogens is 264 g/mol. The normalized spacial score (nSPS) is 12.7. The van der Waals surface area contributed by atoms with Crippen molar-refractivity contribution >= 4 is 22.2 Å². The van der Waals surface area contributed by atoms with Crippen molar-refractivity contribution in [3.8, 4) is 0 Å². The first-order valence-corrected chi connectivity index (χ1v) is 7.88. The van der Waals surface area contributed by atoms with Gasteiger partial charge in [-0.3, -0.25) is 4.98 Å². The number of nitrogens with zero attached hydrogens (tertiary/aromatic N) is 1. The molecule has 0 aliphatic heterocycles. The quantitative estimate of drug-likeness (QED) is 0.751. The van der Waals surface area contributed by atoms with Crippen molar-refractivity contribution in [3.05, 3.63) is 64.5 Å². The van der Waals surface area contributed by atoms with Gasteiger partial charge < -0.3 is 5.32 Å². The topological polar surface area (TPSA) is 24.9 Å². The van der Waals surface area contributed by atoms with Crippen molar-refractivity contribution in [2.45, 2.75) is 19.4 Å². The molecule has 0 saturated heterocycles. The number of para-hydroxylation sites is 1. The van der Waals surface area contributed by atoms with Gasteiger partial charge in [0, 0.05) is 16.5 Å². The van der Waals surface area contributed by atoms with Crippen LogP contribution in [-0.2, 0) is 0 Å². The monoisotopic (exact) mass is 282 g/mol. The van der Waals surface area contributed by atoms with Gasteiger partial charge in [0.25, 0.3) is 0 Å². The van der Waals surface area contributed by atoms with E-state index >= 15 is 0 Å². The van der Waals surface area contributed by atoms with E-state index in [0.717, 1.165) is 18.5 Å². The Morgan fingerprint density at radius 1 is 1.15 bits per heavy atom. The molecule has 0 aliphatic rings. The summed E-state index contributed by atoms with van der Waals surface area (Å²) in [6.45, 7) is 3.21. The van der Waals surface area contributed by atoms with E-state index < -0.39 is 0 Å². The van der Waals surface area contributed by atoms with E-state index in [1.54, 1.807) is 11.3 Å². The second-order valence-electron chi connectivity index (χ2n) is 4.82. The molecule has 1 N–H and O–H groups in total. The van der Waals surface area contributed by atoms with E-state index in [1.165, 1.54) is 15.8 Å². The molecule has 0 radical (unpaired) electrons. The third kappa shape index (κ3) is 2.60. The lowest BCUT2D eigenvalue weighted by molar-refractivity contribution is 0.608. The Morgan fingerprint density at radius 3 is 2.85 bits per heavy atom. The van der Waals surface area contributed by atoms with Crippen LogP contribution in [0.1, 0.15) is 29.8 Å². The molecule has 3 aromatic rings. The molecule has 0 spiro atoms. The number of hydrogen-bond donors (Lipinski definition) is 1. The fourth-order valence-electron chi connectivity index (χ4n) is 2.48. The Morgan fingerprint density at radius 2 is 2.05 bits per heavy atom. The number of thiophene rings is 1. The molecule has 2 nitrogen and oxygen atoms in total. The van der Waals surface area contributed by atoms with Crippen molar-refractivity contribution in [1.82, 2.24) is 10.3 Å². The van der Waals surface area contributed by atoms with E-state index in [1.807, 2.05) is 12.3 Å². The summed E-state index contributed by atoms with van der Waals surface area (Å²) in [5.74, 6) is 0. The Bertz CT molecular complexity index is 671. The number of benzene rings is 1. The zero-order chi connectivity index (χ0) is 13.8. The molecule has 102 valence electrons. The van der Waals surface area contributed by atoms with Gasteiger partial charge in [-0.2, -0.15) is 0 Å². The fourth-order valence-corrected chi connectivity index (χ4v) is 3.30. The number of fused-ring (bicyclic) bond motifs is 1. The number of nitrogens with one attached hydrogen (secondary N) is 1. The van der Waals surface area contributed by atoms with Crippen molar-refractivity contribution in [3.63, 3.8) is 0 Å². The zero-order valence-corrected chi connectivity index (χ0v) is 12.4. The minimum Gasteiger partial charge on any atom is -0.306 e. The highest BCUT2D eigenvalue weighted by molar-refractivity contribution is 7.10. The van der Waals surface area contributed by atoms with Gasteiger partial charge in [-0.05, 0) is 42.1 Å². The largest absolute Gasteiger partial charge is 0.306 e. The van der Waals surface area contributed by atoms with Crippen LogP contribution in [0.3, 0.4) is 0 Å². The zero-order valence-electron chi connectivity index (χ0n) is 11.5. The van der Waals surface area contributed by atoms with Crippen LogP contribution in [0.2, 0.25) is 0 Å². The van der Waals surface area contributed by atoms with Crippen LogP contribution < -0.4 is 5.32 Å². The summed E-state index contributed by atoms with van der Waals surface area (Å²) < 4.78 is 0. The molecule has 0 aliphatic carbocycles. The average Bonchev–Trinajstić information content (AvgIpc) is 3.02. The van der Waals surface area contributed by atoms with Gasteiger partial charge in [0.2, 0.25) is 0 Å². The lowest BCUT2D eigenvalue weighted by atomic mass is 10.0. The SMILES string of the molecule is CCCNC(c1cccs1)c1ccnc2ccccc12. The summed E-state index contributed by atoms with van der Waals surface area (Å²) in [6.07, 6.45) is 3.04.